The average Bonchev–Trinajstić information content (AvgIpc) is 2.80. The molecule has 0 spiro atoms. The summed E-state index contributed by atoms with van der Waals surface area (Å²) in [4.78, 5) is 72.5. The first-order valence-electron chi connectivity index (χ1n) is 36.8. The van der Waals surface area contributed by atoms with Gasteiger partial charge in [-0.15, -0.1) is 0 Å². The monoisotopic (exact) mass is 1320 g/mol. The van der Waals surface area contributed by atoms with Crippen molar-refractivity contribution in [2.45, 2.75) is 369 Å². The second-order valence-corrected chi connectivity index (χ2v) is 30.0. The Morgan fingerprint density at radius 3 is 0.789 bits per heavy atom. The molecule has 534 valence electrons. The molecule has 0 aromatic rings. The minimum atomic E-state index is -4.95. The number of rotatable bonds is 68. The van der Waals surface area contributed by atoms with Gasteiger partial charge >= 0.3 is 39.5 Å². The van der Waals surface area contributed by atoms with Gasteiger partial charge in [-0.3, -0.25) is 37.3 Å². The number of unbranched alkanes of at least 4 members (excludes halogenated alkanes) is 32. The van der Waals surface area contributed by atoms with Crippen molar-refractivity contribution in [1.82, 2.24) is 0 Å². The zero-order valence-electron chi connectivity index (χ0n) is 58.8. The van der Waals surface area contributed by atoms with Gasteiger partial charge in [0, 0.05) is 25.7 Å². The molecule has 90 heavy (non-hydrogen) atoms. The van der Waals surface area contributed by atoms with Crippen LogP contribution in [0.15, 0.2) is 0 Å². The molecule has 0 aromatic carbocycles. The number of phosphoric acid groups is 2. The van der Waals surface area contributed by atoms with Gasteiger partial charge in [-0.25, -0.2) is 9.13 Å². The maximum Gasteiger partial charge on any atom is 0.472 e. The van der Waals surface area contributed by atoms with E-state index >= 15 is 0 Å². The SMILES string of the molecule is CCC(C)CCCCCCCCCCC(=O)O[C@H](COC(=O)CCCCCCCCC(C)C)COP(=O)(O)OC[C@H](O)COP(=O)(O)OC[C@@H](COC(=O)CCCCCCCCC(C)CC)OC(=O)CCCCCCCCCCCCCCCCCCC(C)C. The van der Waals surface area contributed by atoms with E-state index in [0.717, 1.165) is 120 Å². The van der Waals surface area contributed by atoms with Crippen LogP contribution in [0.2, 0.25) is 0 Å². The number of esters is 4. The molecule has 0 saturated carbocycles. The fourth-order valence-electron chi connectivity index (χ4n) is 10.6. The van der Waals surface area contributed by atoms with E-state index < -0.39 is 97.5 Å². The molecule has 0 fully saturated rings. The van der Waals surface area contributed by atoms with Gasteiger partial charge in [0.25, 0.3) is 0 Å². The third kappa shape index (κ3) is 62.2. The van der Waals surface area contributed by atoms with Crippen molar-refractivity contribution >= 4 is 39.5 Å². The molecule has 3 N–H and O–H groups in total. The van der Waals surface area contributed by atoms with Crippen LogP contribution in [-0.2, 0) is 65.4 Å². The fourth-order valence-corrected chi connectivity index (χ4v) is 12.2. The van der Waals surface area contributed by atoms with E-state index in [1.54, 1.807) is 0 Å². The minimum absolute atomic E-state index is 0.103. The highest BCUT2D eigenvalue weighted by molar-refractivity contribution is 7.47. The van der Waals surface area contributed by atoms with Crippen LogP contribution >= 0.6 is 15.6 Å². The van der Waals surface area contributed by atoms with Gasteiger partial charge in [-0.1, -0.05) is 299 Å². The lowest BCUT2D eigenvalue weighted by molar-refractivity contribution is -0.161. The Morgan fingerprint density at radius 1 is 0.311 bits per heavy atom. The van der Waals surface area contributed by atoms with Crippen LogP contribution in [0.4, 0.5) is 0 Å². The lowest BCUT2D eigenvalue weighted by Gasteiger charge is -2.21. The van der Waals surface area contributed by atoms with E-state index in [4.69, 9.17) is 37.0 Å². The molecule has 0 aliphatic heterocycles. The number of aliphatic hydroxyl groups is 1. The van der Waals surface area contributed by atoms with E-state index in [0.29, 0.717) is 31.6 Å². The van der Waals surface area contributed by atoms with Crippen molar-refractivity contribution in [2.75, 3.05) is 39.6 Å². The van der Waals surface area contributed by atoms with E-state index in [9.17, 15) is 43.2 Å². The molecule has 7 atom stereocenters. The molecule has 0 heterocycles. The lowest BCUT2D eigenvalue weighted by Crippen LogP contribution is -2.30. The minimum Gasteiger partial charge on any atom is -0.462 e. The third-order valence-electron chi connectivity index (χ3n) is 17.0. The summed E-state index contributed by atoms with van der Waals surface area (Å²) in [6, 6.07) is 0. The molecular weight excluding hydrogens is 1190 g/mol. The maximum atomic E-state index is 13.0. The van der Waals surface area contributed by atoms with Gasteiger partial charge in [0.2, 0.25) is 0 Å². The molecule has 0 amide bonds. The van der Waals surface area contributed by atoms with Crippen LogP contribution in [0.5, 0.6) is 0 Å². The fraction of sp³-hybridized carbons (Fsp3) is 0.944. The second kappa shape index (κ2) is 60.7. The highest BCUT2D eigenvalue weighted by Crippen LogP contribution is 2.45. The van der Waals surface area contributed by atoms with Crippen LogP contribution in [0, 0.1) is 23.7 Å². The van der Waals surface area contributed by atoms with Crippen molar-refractivity contribution in [3.8, 4) is 0 Å². The topological polar surface area (TPSA) is 237 Å². The first kappa shape index (κ1) is 88.1. The Labute approximate surface area is 549 Å². The second-order valence-electron chi connectivity index (χ2n) is 27.1. The quantitative estimate of drug-likeness (QED) is 0.0222. The Kier molecular flexibility index (Phi) is 59.4. The molecule has 19 heteroatoms. The molecule has 0 aromatic heterocycles. The Bertz CT molecular complexity index is 1790. The van der Waals surface area contributed by atoms with E-state index in [1.165, 1.54) is 141 Å². The van der Waals surface area contributed by atoms with Gasteiger partial charge < -0.3 is 33.8 Å². The predicted octanol–water partition coefficient (Wildman–Crippen LogP) is 20.1. The molecule has 0 aliphatic rings. The largest absolute Gasteiger partial charge is 0.472 e. The summed E-state index contributed by atoms with van der Waals surface area (Å²) < 4.78 is 68.3. The molecule has 0 saturated heterocycles. The average molecular weight is 1330 g/mol. The number of hydrogen-bond acceptors (Lipinski definition) is 15. The normalized spacial score (nSPS) is 14.9. The first-order chi connectivity index (χ1) is 43.2. The van der Waals surface area contributed by atoms with Crippen LogP contribution in [0.1, 0.15) is 351 Å². The number of carbonyl (C=O) groups excluding carboxylic acids is 4. The van der Waals surface area contributed by atoms with Crippen molar-refractivity contribution in [1.29, 1.82) is 0 Å². The van der Waals surface area contributed by atoms with Crippen molar-refractivity contribution in [3.63, 3.8) is 0 Å². The van der Waals surface area contributed by atoms with Crippen LogP contribution in [0.3, 0.4) is 0 Å². The zero-order valence-corrected chi connectivity index (χ0v) is 60.6. The Morgan fingerprint density at radius 2 is 0.533 bits per heavy atom. The first-order valence-corrected chi connectivity index (χ1v) is 39.8. The number of carbonyl (C=O) groups is 4. The molecule has 17 nitrogen and oxygen atoms in total. The van der Waals surface area contributed by atoms with E-state index in [2.05, 4.69) is 55.4 Å². The van der Waals surface area contributed by atoms with Crippen molar-refractivity contribution in [2.24, 2.45) is 23.7 Å². The Hall–Kier alpha value is -1.94. The highest BCUT2D eigenvalue weighted by Gasteiger charge is 2.30. The van der Waals surface area contributed by atoms with Gasteiger partial charge in [-0.2, -0.15) is 0 Å². The summed E-state index contributed by atoms with van der Waals surface area (Å²) in [5.74, 6) is 0.856. The summed E-state index contributed by atoms with van der Waals surface area (Å²) in [5.41, 5.74) is 0. The smallest absolute Gasteiger partial charge is 0.462 e. The number of phosphoric ester groups is 2. The van der Waals surface area contributed by atoms with E-state index in [1.807, 2.05) is 0 Å². The van der Waals surface area contributed by atoms with Crippen LogP contribution in [-0.4, -0.2) is 96.7 Å². The summed E-state index contributed by atoms with van der Waals surface area (Å²) in [5, 5.41) is 10.6. The van der Waals surface area contributed by atoms with E-state index in [-0.39, 0.29) is 25.7 Å². The lowest BCUT2D eigenvalue weighted by atomic mass is 9.99. The summed E-state index contributed by atoms with van der Waals surface area (Å²) in [6.07, 6.45) is 43.3. The van der Waals surface area contributed by atoms with Gasteiger partial charge in [0.15, 0.2) is 12.2 Å². The van der Waals surface area contributed by atoms with Crippen molar-refractivity contribution in [3.05, 3.63) is 0 Å². The molecule has 0 radical (unpaired) electrons. The molecule has 0 bridgehead atoms. The predicted molar refractivity (Wildman–Crippen MR) is 363 cm³/mol. The van der Waals surface area contributed by atoms with Gasteiger partial charge in [-0.05, 0) is 49.4 Å². The third-order valence-corrected chi connectivity index (χ3v) is 18.9. The standard InChI is InChI=1S/C71H138O17P2/c1-9-63(7)49-41-33-24-21-22-26-38-46-54-71(76)88-66(57-81-68(73)51-43-35-29-27-32-40-48-62(5)6)59-85-89(77,78)83-55-65(72)56-84-90(79,80)86-60-67(58-82-69(74)52-44-36-30-28-34-42-50-64(8)10-2)87-70(75)53-45-37-25-20-18-16-14-12-11-13-15-17-19-23-31-39-47-61(3)4/h61-67,72H,9-60H2,1-8H3,(H,77,78)(H,79,80)/t63?,64?,65-,66+,67+/m0/s1. The van der Waals surface area contributed by atoms with Crippen LogP contribution in [0.25, 0.3) is 0 Å². The number of hydrogen-bond donors (Lipinski definition) is 3. The summed E-state index contributed by atoms with van der Waals surface area (Å²) in [6.45, 7) is 14.1. The number of ether oxygens (including phenoxy) is 4. The van der Waals surface area contributed by atoms with Crippen molar-refractivity contribution < 1.29 is 80.2 Å². The molecule has 0 aliphatic carbocycles. The summed E-state index contributed by atoms with van der Waals surface area (Å²) >= 11 is 0. The molecule has 0 rings (SSSR count). The Balaban J connectivity index is 5.20. The van der Waals surface area contributed by atoms with Gasteiger partial charge in [0.05, 0.1) is 26.4 Å². The maximum absolute atomic E-state index is 13.0. The zero-order chi connectivity index (χ0) is 66.8. The number of aliphatic hydroxyl groups excluding tert-OH is 1. The van der Waals surface area contributed by atoms with Crippen LogP contribution < -0.4 is 0 Å². The van der Waals surface area contributed by atoms with Gasteiger partial charge in [0.1, 0.15) is 19.3 Å². The molecule has 4 unspecified atom stereocenters. The summed E-state index contributed by atoms with van der Waals surface area (Å²) in [7, 11) is -9.90. The highest BCUT2D eigenvalue weighted by atomic mass is 31.2. The molecular formula is C71H138O17P2.